The number of nitrogens with zero attached hydrogens (tertiary/aromatic N) is 1. The zero-order valence-electron chi connectivity index (χ0n) is 15.3. The van der Waals surface area contributed by atoms with Gasteiger partial charge in [0.2, 0.25) is 0 Å². The fourth-order valence-corrected chi connectivity index (χ4v) is 1.98. The monoisotopic (exact) mass is 375 g/mol. The molecular formula is C20H22FNO5. The summed E-state index contributed by atoms with van der Waals surface area (Å²) in [6.07, 6.45) is 1.12. The van der Waals surface area contributed by atoms with Crippen LogP contribution in [-0.2, 0) is 16.1 Å². The standard InChI is InChI=1S/C16H18FNO.C4H4O4/c1-12-7-9-13(10-8-12)19-16-6-4-5-15(17)14(16)11-18(2)3;5-3(6)1-2-4(7)8/h4-10H,11H2,1-3H3;1-2H,(H,5,6)(H,7,8)/b;2-1-. The molecule has 0 aliphatic carbocycles. The van der Waals surface area contributed by atoms with Gasteiger partial charge in [-0.3, -0.25) is 0 Å². The van der Waals surface area contributed by atoms with Gasteiger partial charge in [-0.15, -0.1) is 0 Å². The Morgan fingerprint density at radius 2 is 1.59 bits per heavy atom. The van der Waals surface area contributed by atoms with Gasteiger partial charge in [-0.1, -0.05) is 23.8 Å². The zero-order chi connectivity index (χ0) is 20.4. The van der Waals surface area contributed by atoms with Crippen LogP contribution in [0.5, 0.6) is 11.5 Å². The number of carboxylic acids is 2. The van der Waals surface area contributed by atoms with Crippen molar-refractivity contribution in [2.45, 2.75) is 13.5 Å². The van der Waals surface area contributed by atoms with E-state index in [0.717, 1.165) is 5.75 Å². The van der Waals surface area contributed by atoms with Gasteiger partial charge in [0, 0.05) is 24.3 Å². The van der Waals surface area contributed by atoms with Crippen LogP contribution in [0.2, 0.25) is 0 Å². The van der Waals surface area contributed by atoms with E-state index in [-0.39, 0.29) is 5.82 Å². The van der Waals surface area contributed by atoms with Crippen molar-refractivity contribution < 1.29 is 28.9 Å². The lowest BCUT2D eigenvalue weighted by atomic mass is 10.1. The Bertz CT molecular complexity index is 785. The third-order valence-corrected chi connectivity index (χ3v) is 3.17. The molecule has 0 heterocycles. The van der Waals surface area contributed by atoms with Crippen molar-refractivity contribution in [3.05, 3.63) is 71.6 Å². The molecule has 0 radical (unpaired) electrons. The molecule has 0 bridgehead atoms. The molecule has 0 amide bonds. The number of aliphatic carboxylic acids is 2. The van der Waals surface area contributed by atoms with E-state index in [1.807, 2.05) is 50.2 Å². The smallest absolute Gasteiger partial charge is 0.328 e. The van der Waals surface area contributed by atoms with Crippen LogP contribution < -0.4 is 4.74 Å². The molecule has 2 aromatic carbocycles. The summed E-state index contributed by atoms with van der Waals surface area (Å²) in [5, 5.41) is 15.6. The quantitative estimate of drug-likeness (QED) is 0.749. The van der Waals surface area contributed by atoms with E-state index in [0.29, 0.717) is 30.0 Å². The lowest BCUT2D eigenvalue weighted by Crippen LogP contribution is -2.12. The normalized spacial score (nSPS) is 10.4. The third-order valence-electron chi connectivity index (χ3n) is 3.17. The van der Waals surface area contributed by atoms with Crippen LogP contribution in [0.3, 0.4) is 0 Å². The number of halogens is 1. The summed E-state index contributed by atoms with van der Waals surface area (Å²) in [5.74, 6) is -1.47. The van der Waals surface area contributed by atoms with Crippen LogP contribution >= 0.6 is 0 Å². The van der Waals surface area contributed by atoms with Crippen LogP contribution in [0.4, 0.5) is 4.39 Å². The van der Waals surface area contributed by atoms with Crippen molar-refractivity contribution in [3.63, 3.8) is 0 Å². The van der Waals surface area contributed by atoms with Gasteiger partial charge in [-0.25, -0.2) is 14.0 Å². The molecular weight excluding hydrogens is 353 g/mol. The van der Waals surface area contributed by atoms with Gasteiger partial charge in [0.05, 0.1) is 0 Å². The molecule has 144 valence electrons. The molecule has 6 nitrogen and oxygen atoms in total. The minimum Gasteiger partial charge on any atom is -0.478 e. The highest BCUT2D eigenvalue weighted by Gasteiger charge is 2.11. The van der Waals surface area contributed by atoms with E-state index in [1.54, 1.807) is 12.1 Å². The fourth-order valence-electron chi connectivity index (χ4n) is 1.98. The predicted octanol–water partition coefficient (Wildman–Crippen LogP) is 3.70. The van der Waals surface area contributed by atoms with Gasteiger partial charge in [0.15, 0.2) is 0 Å². The van der Waals surface area contributed by atoms with E-state index in [4.69, 9.17) is 14.9 Å². The molecule has 7 heteroatoms. The van der Waals surface area contributed by atoms with Gasteiger partial charge in [-0.05, 0) is 45.3 Å². The number of carbonyl (C=O) groups is 2. The second-order valence-corrected chi connectivity index (χ2v) is 5.88. The minimum atomic E-state index is -1.26. The fraction of sp³-hybridized carbons (Fsp3) is 0.200. The maximum absolute atomic E-state index is 13.9. The summed E-state index contributed by atoms with van der Waals surface area (Å²) < 4.78 is 19.7. The highest BCUT2D eigenvalue weighted by molar-refractivity contribution is 5.89. The zero-order valence-corrected chi connectivity index (χ0v) is 15.3. The molecule has 0 atom stereocenters. The topological polar surface area (TPSA) is 87.1 Å². The summed E-state index contributed by atoms with van der Waals surface area (Å²) in [6.45, 7) is 2.53. The van der Waals surface area contributed by atoms with Gasteiger partial charge >= 0.3 is 11.9 Å². The molecule has 0 aliphatic rings. The Morgan fingerprint density at radius 3 is 2.07 bits per heavy atom. The number of aryl methyl sites for hydroxylation is 1. The first-order chi connectivity index (χ1) is 12.7. The maximum atomic E-state index is 13.9. The lowest BCUT2D eigenvalue weighted by molar-refractivity contribution is -0.134. The van der Waals surface area contributed by atoms with Gasteiger partial charge in [0.1, 0.15) is 17.3 Å². The molecule has 2 rings (SSSR count). The van der Waals surface area contributed by atoms with Crippen LogP contribution in [0.1, 0.15) is 11.1 Å². The van der Waals surface area contributed by atoms with Crippen LogP contribution in [0, 0.1) is 12.7 Å². The minimum absolute atomic E-state index is 0.238. The second-order valence-electron chi connectivity index (χ2n) is 5.88. The van der Waals surface area contributed by atoms with Crippen LogP contribution in [-0.4, -0.2) is 41.1 Å². The molecule has 0 unspecified atom stereocenters. The number of rotatable bonds is 6. The molecule has 0 spiro atoms. The average molecular weight is 375 g/mol. The first-order valence-corrected chi connectivity index (χ1v) is 7.99. The SMILES string of the molecule is Cc1ccc(Oc2cccc(F)c2CN(C)C)cc1.O=C(O)/C=C\C(=O)O. The Morgan fingerprint density at radius 1 is 1.04 bits per heavy atom. The Balaban J connectivity index is 0.000000387. The van der Waals surface area contributed by atoms with E-state index >= 15 is 0 Å². The molecule has 2 N–H and O–H groups in total. The number of hydrogen-bond acceptors (Lipinski definition) is 4. The number of ether oxygens (including phenoxy) is 1. The molecule has 0 aliphatic heterocycles. The number of benzene rings is 2. The summed E-state index contributed by atoms with van der Waals surface area (Å²) >= 11 is 0. The summed E-state index contributed by atoms with van der Waals surface area (Å²) in [7, 11) is 3.81. The van der Waals surface area contributed by atoms with Crippen molar-refractivity contribution in [2.75, 3.05) is 14.1 Å². The molecule has 0 saturated heterocycles. The van der Waals surface area contributed by atoms with Crippen LogP contribution in [0.15, 0.2) is 54.6 Å². The predicted molar refractivity (Wildman–Crippen MR) is 99.5 cm³/mol. The largest absolute Gasteiger partial charge is 0.478 e. The van der Waals surface area contributed by atoms with E-state index in [1.165, 1.54) is 11.6 Å². The molecule has 0 saturated carbocycles. The summed E-state index contributed by atoms with van der Waals surface area (Å²) in [4.78, 5) is 21.0. The molecule has 0 aromatic heterocycles. The van der Waals surface area contributed by atoms with Gasteiger partial charge in [0.25, 0.3) is 0 Å². The molecule has 2 aromatic rings. The van der Waals surface area contributed by atoms with Gasteiger partial charge < -0.3 is 19.8 Å². The molecule has 27 heavy (non-hydrogen) atoms. The average Bonchev–Trinajstić information content (AvgIpc) is 2.58. The first-order valence-electron chi connectivity index (χ1n) is 7.99. The van der Waals surface area contributed by atoms with Crippen molar-refractivity contribution in [1.82, 2.24) is 4.90 Å². The van der Waals surface area contributed by atoms with E-state index < -0.39 is 11.9 Å². The maximum Gasteiger partial charge on any atom is 0.328 e. The van der Waals surface area contributed by atoms with Crippen molar-refractivity contribution >= 4 is 11.9 Å². The number of hydrogen-bond donors (Lipinski definition) is 2. The van der Waals surface area contributed by atoms with Gasteiger partial charge in [-0.2, -0.15) is 0 Å². The first kappa shape index (κ1) is 21.9. The Labute approximate surface area is 157 Å². The van der Waals surface area contributed by atoms with E-state index in [9.17, 15) is 14.0 Å². The third kappa shape index (κ3) is 8.64. The second kappa shape index (κ2) is 10.7. The van der Waals surface area contributed by atoms with Crippen molar-refractivity contribution in [3.8, 4) is 11.5 Å². The number of carboxylic acid groups (broad SMARTS) is 2. The molecule has 0 fully saturated rings. The summed E-state index contributed by atoms with van der Waals surface area (Å²) in [5.41, 5.74) is 1.74. The van der Waals surface area contributed by atoms with Crippen molar-refractivity contribution in [2.24, 2.45) is 0 Å². The van der Waals surface area contributed by atoms with Crippen molar-refractivity contribution in [1.29, 1.82) is 0 Å². The Kier molecular flexibility index (Phi) is 8.68. The highest BCUT2D eigenvalue weighted by atomic mass is 19.1. The summed E-state index contributed by atoms with van der Waals surface area (Å²) in [6, 6.07) is 12.6. The van der Waals surface area contributed by atoms with E-state index in [2.05, 4.69) is 0 Å². The van der Waals surface area contributed by atoms with Crippen LogP contribution in [0.25, 0.3) is 0 Å². The Hall–Kier alpha value is -3.19. The highest BCUT2D eigenvalue weighted by Crippen LogP contribution is 2.28. The lowest BCUT2D eigenvalue weighted by Gasteiger charge is -2.15.